The van der Waals surface area contributed by atoms with E-state index in [0.717, 1.165) is 82.6 Å². The smallest absolute Gasteiger partial charge is 0.307 e. The van der Waals surface area contributed by atoms with Crippen molar-refractivity contribution in [3.63, 3.8) is 0 Å². The fraction of sp³-hybridized carbons (Fsp3) is 0.0143. The van der Waals surface area contributed by atoms with Gasteiger partial charge in [-0.3, -0.25) is 0 Å². The maximum atomic E-state index is 16.4. The summed E-state index contributed by atoms with van der Waals surface area (Å²) in [5, 5.41) is 41.8. The first-order chi connectivity index (χ1) is 39.1. The molecule has 0 radical (unpaired) electrons. The minimum atomic E-state index is -4.86. The van der Waals surface area contributed by atoms with Crippen LogP contribution < -0.4 is 0 Å². The van der Waals surface area contributed by atoms with Gasteiger partial charge in [0.15, 0.2) is 0 Å². The SMILES string of the molecule is N#Cc1ccc(-c2ccc3c(c2)c2cc(-c4ccc(C#N)cc4)ccc2n3-c2cc(-c3cccc(-c4ccccc4)n3)c(C(F)(F)F)cc2-n2c3ccc(-c4ccc(C#N)cc4)cc3c3cc(-c4ccc(C#N)cc4)ccc32)cc1. The summed E-state index contributed by atoms with van der Waals surface area (Å²) in [4.78, 5) is 4.95. The molecule has 0 saturated heterocycles. The largest absolute Gasteiger partial charge is 0.417 e. The van der Waals surface area contributed by atoms with Crippen LogP contribution in [0.4, 0.5) is 13.2 Å². The van der Waals surface area contributed by atoms with Gasteiger partial charge in [0.1, 0.15) is 0 Å². The number of pyridine rings is 1. The van der Waals surface area contributed by atoms with E-state index in [1.54, 1.807) is 72.8 Å². The summed E-state index contributed by atoms with van der Waals surface area (Å²) >= 11 is 0. The molecule has 7 nitrogen and oxygen atoms in total. The van der Waals surface area contributed by atoms with E-state index in [-0.39, 0.29) is 16.9 Å². The van der Waals surface area contributed by atoms with Crippen molar-refractivity contribution in [1.29, 1.82) is 21.0 Å². The third kappa shape index (κ3) is 8.44. The second-order valence-electron chi connectivity index (χ2n) is 19.5. The number of nitrogens with zero attached hydrogens (tertiary/aromatic N) is 7. The van der Waals surface area contributed by atoms with E-state index in [9.17, 15) is 21.0 Å². The van der Waals surface area contributed by atoms with Gasteiger partial charge < -0.3 is 9.13 Å². The van der Waals surface area contributed by atoms with Gasteiger partial charge in [-0.1, -0.05) is 109 Å². The molecule has 0 spiro atoms. The summed E-state index contributed by atoms with van der Waals surface area (Å²) < 4.78 is 53.1. The number of hydrogen-bond donors (Lipinski definition) is 0. The topological polar surface area (TPSA) is 118 Å². The van der Waals surface area contributed by atoms with Crippen LogP contribution in [0.15, 0.2) is 231 Å². The van der Waals surface area contributed by atoms with Crippen LogP contribution in [0, 0.1) is 45.3 Å². The Morgan fingerprint density at radius 1 is 0.312 bits per heavy atom. The first-order valence-corrected chi connectivity index (χ1v) is 25.5. The Kier molecular flexibility index (Phi) is 11.7. The zero-order chi connectivity index (χ0) is 54.6. The summed E-state index contributed by atoms with van der Waals surface area (Å²) in [6.45, 7) is 0. The minimum Gasteiger partial charge on any atom is -0.307 e. The highest BCUT2D eigenvalue weighted by molar-refractivity contribution is 6.14. The van der Waals surface area contributed by atoms with Crippen LogP contribution in [0.25, 0.3) is 122 Å². The van der Waals surface area contributed by atoms with Gasteiger partial charge in [0.05, 0.1) is 96.9 Å². The second-order valence-corrected chi connectivity index (χ2v) is 19.5. The average molecular weight is 1030 g/mol. The monoisotopic (exact) mass is 1030 g/mol. The molecule has 80 heavy (non-hydrogen) atoms. The highest BCUT2D eigenvalue weighted by Gasteiger charge is 2.37. The molecule has 0 fully saturated rings. The van der Waals surface area contributed by atoms with Crippen molar-refractivity contribution < 1.29 is 13.2 Å². The Hall–Kier alpha value is -11.3. The lowest BCUT2D eigenvalue weighted by atomic mass is 9.99. The number of hydrogen-bond acceptors (Lipinski definition) is 5. The van der Waals surface area contributed by atoms with Crippen LogP contribution >= 0.6 is 0 Å². The molecule has 0 bridgehead atoms. The van der Waals surface area contributed by atoms with E-state index in [2.05, 4.69) is 36.4 Å². The highest BCUT2D eigenvalue weighted by atomic mass is 19.4. The Labute approximate surface area is 457 Å². The molecule has 0 aliphatic rings. The van der Waals surface area contributed by atoms with Crippen LogP contribution in [0.1, 0.15) is 27.8 Å². The quantitative estimate of drug-likeness (QED) is 0.150. The predicted molar refractivity (Wildman–Crippen MR) is 309 cm³/mol. The summed E-state index contributed by atoms with van der Waals surface area (Å²) in [5.41, 5.74) is 12.8. The Bertz CT molecular complexity index is 4580. The zero-order valence-corrected chi connectivity index (χ0v) is 42.2. The van der Waals surface area contributed by atoms with E-state index < -0.39 is 11.7 Å². The standard InChI is InChI=1S/C70H38F3N7/c71-70(72,73)61-38-69(80-66-31-27-54(49-21-13-45(41-76)14-22-49)35-58(66)59-36-55(28-32-67(59)80)50-23-15-46(42-77)16-24-50)68(37-60(61)63-8-4-7-62(78-63)51-5-2-1-3-6-51)79-64-29-25-52(47-17-9-43(39-74)10-18-47)33-56(64)57-34-53(26-30-65(57)79)48-19-11-44(40-75)12-20-48/h1-38H. The third-order valence-corrected chi connectivity index (χ3v) is 14.9. The Morgan fingerprint density at radius 2 is 0.637 bits per heavy atom. The molecule has 0 unspecified atom stereocenters. The van der Waals surface area contributed by atoms with E-state index in [0.29, 0.717) is 44.7 Å². The number of rotatable bonds is 8. The van der Waals surface area contributed by atoms with Crippen molar-refractivity contribution >= 4 is 43.6 Å². The molecule has 0 amide bonds. The minimum absolute atomic E-state index is 0.112. The lowest BCUT2D eigenvalue weighted by Gasteiger charge is -2.22. The molecular formula is C70H38F3N7. The zero-order valence-electron chi connectivity index (χ0n) is 42.2. The molecule has 13 rings (SSSR count). The molecule has 10 aromatic carbocycles. The number of fused-ring (bicyclic) bond motifs is 6. The summed E-state index contributed by atoms with van der Waals surface area (Å²) in [6.07, 6.45) is -4.86. The normalized spacial score (nSPS) is 11.4. The van der Waals surface area contributed by atoms with Crippen molar-refractivity contribution in [3.05, 3.63) is 258 Å². The molecule has 0 N–H and O–H groups in total. The number of aromatic nitrogens is 3. The molecule has 0 aliphatic heterocycles. The van der Waals surface area contributed by atoms with Gasteiger partial charge in [-0.15, -0.1) is 0 Å². The summed E-state index contributed by atoms with van der Waals surface area (Å²) in [5.74, 6) is 0. The van der Waals surface area contributed by atoms with Crippen LogP contribution in [0.3, 0.4) is 0 Å². The number of alkyl halides is 3. The van der Waals surface area contributed by atoms with Crippen molar-refractivity contribution in [2.45, 2.75) is 6.18 Å². The Balaban J connectivity index is 1.15. The average Bonchev–Trinajstić information content (AvgIpc) is 4.06. The van der Waals surface area contributed by atoms with Gasteiger partial charge in [0.2, 0.25) is 0 Å². The lowest BCUT2D eigenvalue weighted by Crippen LogP contribution is -2.12. The van der Waals surface area contributed by atoms with Gasteiger partial charge in [0, 0.05) is 32.7 Å². The predicted octanol–water partition coefficient (Wildman–Crippen LogP) is 17.8. The summed E-state index contributed by atoms with van der Waals surface area (Å²) in [7, 11) is 0. The molecule has 374 valence electrons. The van der Waals surface area contributed by atoms with Crippen LogP contribution in [0.2, 0.25) is 0 Å². The molecule has 10 heteroatoms. The van der Waals surface area contributed by atoms with Crippen molar-refractivity contribution in [2.24, 2.45) is 0 Å². The molecule has 0 atom stereocenters. The third-order valence-electron chi connectivity index (χ3n) is 14.9. The van der Waals surface area contributed by atoms with E-state index in [4.69, 9.17) is 4.98 Å². The van der Waals surface area contributed by atoms with Crippen molar-refractivity contribution in [3.8, 4) is 103 Å². The molecule has 3 heterocycles. The molecule has 0 saturated carbocycles. The second kappa shape index (κ2) is 19.4. The fourth-order valence-corrected chi connectivity index (χ4v) is 11.0. The fourth-order valence-electron chi connectivity index (χ4n) is 11.0. The van der Waals surface area contributed by atoms with Crippen LogP contribution in [-0.2, 0) is 6.18 Å². The van der Waals surface area contributed by atoms with Crippen LogP contribution in [0.5, 0.6) is 0 Å². The Morgan fingerprint density at radius 3 is 0.975 bits per heavy atom. The first-order valence-electron chi connectivity index (χ1n) is 25.5. The molecular weight excluding hydrogens is 996 g/mol. The van der Waals surface area contributed by atoms with Gasteiger partial charge in [-0.25, -0.2) is 4.98 Å². The highest BCUT2D eigenvalue weighted by Crippen LogP contribution is 2.47. The van der Waals surface area contributed by atoms with E-state index in [1.165, 1.54) is 6.07 Å². The van der Waals surface area contributed by atoms with E-state index in [1.807, 2.05) is 149 Å². The van der Waals surface area contributed by atoms with Gasteiger partial charge in [0.25, 0.3) is 0 Å². The maximum absolute atomic E-state index is 16.4. The van der Waals surface area contributed by atoms with E-state index >= 15 is 13.2 Å². The lowest BCUT2D eigenvalue weighted by molar-refractivity contribution is -0.137. The maximum Gasteiger partial charge on any atom is 0.417 e. The first kappa shape index (κ1) is 48.3. The van der Waals surface area contributed by atoms with Gasteiger partial charge in [-0.2, -0.15) is 34.2 Å². The van der Waals surface area contributed by atoms with Crippen LogP contribution in [-0.4, -0.2) is 14.1 Å². The number of halogens is 3. The molecule has 13 aromatic rings. The number of benzene rings is 10. The number of nitriles is 4. The van der Waals surface area contributed by atoms with Crippen molar-refractivity contribution in [1.82, 2.24) is 14.1 Å². The van der Waals surface area contributed by atoms with Gasteiger partial charge >= 0.3 is 6.18 Å². The van der Waals surface area contributed by atoms with Gasteiger partial charge in [-0.05, 0) is 166 Å². The molecule has 0 aliphatic carbocycles. The summed E-state index contributed by atoms with van der Waals surface area (Å²) in [6, 6.07) is 79.5. The molecule has 3 aromatic heterocycles. The van der Waals surface area contributed by atoms with Crippen molar-refractivity contribution in [2.75, 3.05) is 0 Å².